The molecule has 2 heterocycles. The number of carbonyl (C=O) groups excluding carboxylic acids is 1. The predicted octanol–water partition coefficient (Wildman–Crippen LogP) is 3.20. The molecule has 0 unspecified atom stereocenters. The molecule has 2 aromatic carbocycles. The second-order valence-corrected chi connectivity index (χ2v) is 7.84. The molecule has 0 saturated heterocycles. The normalized spacial score (nSPS) is 15.4. The zero-order valence-electron chi connectivity index (χ0n) is 15.1. The van der Waals surface area contributed by atoms with Crippen molar-refractivity contribution in [3.8, 4) is 11.4 Å². The molecule has 0 bridgehead atoms. The van der Waals surface area contributed by atoms with Gasteiger partial charge in [0, 0.05) is 21.9 Å². The van der Waals surface area contributed by atoms with Crippen molar-refractivity contribution >= 4 is 22.5 Å². The SMILES string of the molecule is COc1ccc(-n2nc3c(c2NC(=O)c2ccccc2C)C[S@](=O)C3)cc1. The quantitative estimate of drug-likeness (QED) is 0.753. The molecule has 0 radical (unpaired) electrons. The van der Waals surface area contributed by atoms with E-state index in [4.69, 9.17) is 4.74 Å². The van der Waals surface area contributed by atoms with Crippen molar-refractivity contribution in [1.29, 1.82) is 0 Å². The molecule has 1 amide bonds. The molecule has 6 nitrogen and oxygen atoms in total. The molecule has 3 aromatic rings. The maximum atomic E-state index is 12.9. The van der Waals surface area contributed by atoms with Crippen LogP contribution in [0.1, 0.15) is 27.2 Å². The van der Waals surface area contributed by atoms with Gasteiger partial charge in [-0.25, -0.2) is 4.68 Å². The Morgan fingerprint density at radius 3 is 2.59 bits per heavy atom. The van der Waals surface area contributed by atoms with E-state index in [0.29, 0.717) is 22.9 Å². The summed E-state index contributed by atoms with van der Waals surface area (Å²) in [5, 5.41) is 7.60. The third kappa shape index (κ3) is 3.26. The van der Waals surface area contributed by atoms with E-state index in [9.17, 15) is 9.00 Å². The van der Waals surface area contributed by atoms with Crippen LogP contribution in [-0.2, 0) is 22.3 Å². The molecular formula is C20H19N3O3S. The number of rotatable bonds is 4. The van der Waals surface area contributed by atoms with Crippen molar-refractivity contribution in [2.75, 3.05) is 12.4 Å². The van der Waals surface area contributed by atoms with Gasteiger partial charge in [-0.2, -0.15) is 5.10 Å². The highest BCUT2D eigenvalue weighted by Crippen LogP contribution is 2.32. The number of nitrogens with one attached hydrogen (secondary N) is 1. The topological polar surface area (TPSA) is 73.2 Å². The minimum absolute atomic E-state index is 0.205. The number of hydrogen-bond acceptors (Lipinski definition) is 4. The van der Waals surface area contributed by atoms with Crippen LogP contribution in [0.4, 0.5) is 5.82 Å². The molecule has 7 heteroatoms. The van der Waals surface area contributed by atoms with Crippen molar-refractivity contribution < 1.29 is 13.7 Å². The number of aromatic nitrogens is 2. The summed E-state index contributed by atoms with van der Waals surface area (Å²) >= 11 is 0. The molecule has 1 aliphatic rings. The minimum atomic E-state index is -0.979. The van der Waals surface area contributed by atoms with Crippen LogP contribution in [0.25, 0.3) is 5.69 Å². The molecule has 1 aromatic heterocycles. The van der Waals surface area contributed by atoms with Gasteiger partial charge in [-0.15, -0.1) is 0 Å². The van der Waals surface area contributed by atoms with E-state index in [1.54, 1.807) is 17.9 Å². The lowest BCUT2D eigenvalue weighted by atomic mass is 10.1. The Morgan fingerprint density at radius 2 is 1.89 bits per heavy atom. The monoisotopic (exact) mass is 381 g/mol. The summed E-state index contributed by atoms with van der Waals surface area (Å²) in [5.41, 5.74) is 3.91. The van der Waals surface area contributed by atoms with Crippen molar-refractivity contribution in [3.63, 3.8) is 0 Å². The highest BCUT2D eigenvalue weighted by Gasteiger charge is 2.28. The number of anilines is 1. The fourth-order valence-corrected chi connectivity index (χ4v) is 4.43. The van der Waals surface area contributed by atoms with Crippen LogP contribution in [0, 0.1) is 6.92 Å². The largest absolute Gasteiger partial charge is 0.497 e. The number of ether oxygens (including phenoxy) is 1. The van der Waals surface area contributed by atoms with Crippen LogP contribution in [-0.4, -0.2) is 27.0 Å². The average Bonchev–Trinajstić information content (AvgIpc) is 3.19. The van der Waals surface area contributed by atoms with Crippen molar-refractivity contribution in [3.05, 3.63) is 70.9 Å². The highest BCUT2D eigenvalue weighted by molar-refractivity contribution is 7.83. The Hall–Kier alpha value is -2.93. The first-order valence-electron chi connectivity index (χ1n) is 8.54. The Labute approximate surface area is 159 Å². The van der Waals surface area contributed by atoms with E-state index >= 15 is 0 Å². The summed E-state index contributed by atoms with van der Waals surface area (Å²) in [6, 6.07) is 14.9. The molecular weight excluding hydrogens is 362 g/mol. The first kappa shape index (κ1) is 17.5. The molecule has 4 rings (SSSR count). The van der Waals surface area contributed by atoms with Gasteiger partial charge in [0.25, 0.3) is 5.91 Å². The molecule has 1 atom stereocenters. The number of fused-ring (bicyclic) bond motifs is 1. The van der Waals surface area contributed by atoms with E-state index in [1.165, 1.54) is 0 Å². The van der Waals surface area contributed by atoms with Gasteiger partial charge in [-0.3, -0.25) is 9.00 Å². The zero-order chi connectivity index (χ0) is 19.0. The van der Waals surface area contributed by atoms with Crippen LogP contribution in [0.5, 0.6) is 5.75 Å². The number of amides is 1. The number of carbonyl (C=O) groups is 1. The van der Waals surface area contributed by atoms with Crippen LogP contribution >= 0.6 is 0 Å². The first-order valence-corrected chi connectivity index (χ1v) is 10.0. The summed E-state index contributed by atoms with van der Waals surface area (Å²) in [5.74, 6) is 1.92. The van der Waals surface area contributed by atoms with E-state index in [1.807, 2.05) is 49.4 Å². The van der Waals surface area contributed by atoms with Crippen LogP contribution in [0.15, 0.2) is 48.5 Å². The Balaban J connectivity index is 1.75. The van der Waals surface area contributed by atoms with E-state index in [-0.39, 0.29) is 5.91 Å². The first-order chi connectivity index (χ1) is 13.1. The standard InChI is InChI=1S/C20H19N3O3S/c1-13-5-3-4-6-16(13)20(24)21-19-17-11-27(25)12-18(17)22-23(19)14-7-9-15(26-2)10-8-14/h3-10H,11-12H2,1-2H3,(H,21,24)/t27-/m0/s1. The third-order valence-corrected chi connectivity index (χ3v) is 5.81. The van der Waals surface area contributed by atoms with Gasteiger partial charge in [0.05, 0.1) is 30.0 Å². The fourth-order valence-electron chi connectivity index (χ4n) is 3.17. The average molecular weight is 381 g/mol. The Morgan fingerprint density at radius 1 is 1.15 bits per heavy atom. The third-order valence-electron chi connectivity index (χ3n) is 4.61. The maximum absolute atomic E-state index is 12.9. The molecule has 1 N–H and O–H groups in total. The van der Waals surface area contributed by atoms with E-state index < -0.39 is 10.8 Å². The van der Waals surface area contributed by atoms with Crippen LogP contribution in [0.2, 0.25) is 0 Å². The fraction of sp³-hybridized carbons (Fsp3) is 0.200. The van der Waals surface area contributed by atoms with Crippen molar-refractivity contribution in [1.82, 2.24) is 9.78 Å². The molecule has 0 saturated carbocycles. The number of methoxy groups -OCH3 is 1. The van der Waals surface area contributed by atoms with Gasteiger partial charge in [-0.05, 0) is 42.8 Å². The summed E-state index contributed by atoms with van der Waals surface area (Å²) in [4.78, 5) is 12.9. The lowest BCUT2D eigenvalue weighted by molar-refractivity contribution is 0.102. The van der Waals surface area contributed by atoms with Crippen molar-refractivity contribution in [2.45, 2.75) is 18.4 Å². The Bertz CT molecular complexity index is 1040. The van der Waals surface area contributed by atoms with E-state index in [2.05, 4.69) is 10.4 Å². The van der Waals surface area contributed by atoms with Gasteiger partial charge in [0.15, 0.2) is 0 Å². The second kappa shape index (κ2) is 7.00. The molecule has 0 fully saturated rings. The van der Waals surface area contributed by atoms with Crippen LogP contribution < -0.4 is 10.1 Å². The summed E-state index contributed by atoms with van der Waals surface area (Å²) in [6.07, 6.45) is 0. The second-order valence-electron chi connectivity index (χ2n) is 6.38. The lowest BCUT2D eigenvalue weighted by Gasteiger charge is -2.12. The predicted molar refractivity (Wildman–Crippen MR) is 105 cm³/mol. The highest BCUT2D eigenvalue weighted by atomic mass is 32.2. The summed E-state index contributed by atoms with van der Waals surface area (Å²) in [6.45, 7) is 1.90. The maximum Gasteiger partial charge on any atom is 0.257 e. The summed E-state index contributed by atoms with van der Waals surface area (Å²) in [7, 11) is 0.633. The van der Waals surface area contributed by atoms with Crippen LogP contribution in [0.3, 0.4) is 0 Å². The zero-order valence-corrected chi connectivity index (χ0v) is 15.9. The lowest BCUT2D eigenvalue weighted by Crippen LogP contribution is -2.17. The molecule has 0 spiro atoms. The number of aryl methyl sites for hydroxylation is 1. The molecule has 138 valence electrons. The number of hydrogen-bond donors (Lipinski definition) is 1. The Kier molecular flexibility index (Phi) is 4.53. The summed E-state index contributed by atoms with van der Waals surface area (Å²) < 4.78 is 18.9. The number of benzene rings is 2. The smallest absolute Gasteiger partial charge is 0.257 e. The minimum Gasteiger partial charge on any atom is -0.497 e. The molecule has 27 heavy (non-hydrogen) atoms. The van der Waals surface area contributed by atoms with Gasteiger partial charge >= 0.3 is 0 Å². The van der Waals surface area contributed by atoms with E-state index in [0.717, 1.165) is 28.3 Å². The molecule has 0 aliphatic carbocycles. The van der Waals surface area contributed by atoms with Gasteiger partial charge < -0.3 is 10.1 Å². The molecule has 1 aliphatic heterocycles. The number of nitrogens with zero attached hydrogens (tertiary/aromatic N) is 2. The van der Waals surface area contributed by atoms with Gasteiger partial charge in [0.1, 0.15) is 11.6 Å². The van der Waals surface area contributed by atoms with Crippen molar-refractivity contribution in [2.24, 2.45) is 0 Å². The van der Waals surface area contributed by atoms with Gasteiger partial charge in [-0.1, -0.05) is 18.2 Å². The van der Waals surface area contributed by atoms with Gasteiger partial charge in [0.2, 0.25) is 0 Å².